The number of aryl methyl sites for hydroxylation is 1. The van der Waals surface area contributed by atoms with Gasteiger partial charge in [0.25, 0.3) is 0 Å². The van der Waals surface area contributed by atoms with Crippen molar-refractivity contribution in [2.45, 2.75) is 19.6 Å². The third-order valence-electron chi connectivity index (χ3n) is 2.68. The van der Waals surface area contributed by atoms with E-state index >= 15 is 0 Å². The molecule has 1 aromatic carbocycles. The van der Waals surface area contributed by atoms with E-state index in [2.05, 4.69) is 5.10 Å². The van der Waals surface area contributed by atoms with Gasteiger partial charge in [-0.25, -0.2) is 0 Å². The number of anilines is 1. The minimum atomic E-state index is -0.855. The summed E-state index contributed by atoms with van der Waals surface area (Å²) in [6.45, 7) is 2.58. The van der Waals surface area contributed by atoms with Gasteiger partial charge in [-0.2, -0.15) is 5.10 Å². The molecule has 17 heavy (non-hydrogen) atoms. The molecule has 1 aromatic heterocycles. The highest BCUT2D eigenvalue weighted by atomic mass is 35.5. The molecule has 2 aromatic rings. The highest BCUT2D eigenvalue weighted by molar-refractivity contribution is 6.31. The lowest BCUT2D eigenvalue weighted by Gasteiger charge is -2.15. The molecule has 0 aliphatic carbocycles. The van der Waals surface area contributed by atoms with Gasteiger partial charge in [-0.3, -0.25) is 4.68 Å². The molecule has 0 fully saturated rings. The van der Waals surface area contributed by atoms with Gasteiger partial charge in [0, 0.05) is 17.8 Å². The van der Waals surface area contributed by atoms with E-state index in [1.165, 1.54) is 6.20 Å². The molecule has 1 atom stereocenters. The van der Waals surface area contributed by atoms with Gasteiger partial charge in [-0.15, -0.1) is 0 Å². The molecule has 0 aliphatic rings. The molecule has 0 radical (unpaired) electrons. The predicted molar refractivity (Wildman–Crippen MR) is 67.8 cm³/mol. The van der Waals surface area contributed by atoms with Gasteiger partial charge in [-0.1, -0.05) is 29.8 Å². The van der Waals surface area contributed by atoms with Crippen molar-refractivity contribution >= 4 is 17.3 Å². The molecule has 0 saturated carbocycles. The zero-order valence-electron chi connectivity index (χ0n) is 9.47. The molecular weight excluding hydrogens is 238 g/mol. The van der Waals surface area contributed by atoms with Gasteiger partial charge < -0.3 is 10.8 Å². The fraction of sp³-hybridized carbons (Fsp3) is 0.250. The number of nitrogens with zero attached hydrogens (tertiary/aromatic N) is 2. The number of nitrogen functional groups attached to an aromatic ring is 1. The lowest BCUT2D eigenvalue weighted by atomic mass is 10.0. The number of halogens is 1. The van der Waals surface area contributed by atoms with Gasteiger partial charge in [-0.05, 0) is 13.0 Å². The lowest BCUT2D eigenvalue weighted by Crippen LogP contribution is -2.11. The van der Waals surface area contributed by atoms with E-state index in [0.717, 1.165) is 0 Å². The molecule has 1 heterocycles. The van der Waals surface area contributed by atoms with Crippen molar-refractivity contribution in [3.63, 3.8) is 0 Å². The van der Waals surface area contributed by atoms with Crippen molar-refractivity contribution in [2.24, 2.45) is 0 Å². The first kappa shape index (κ1) is 12.0. The maximum atomic E-state index is 10.3. The third kappa shape index (κ3) is 2.14. The Labute approximate surface area is 105 Å². The molecule has 0 bridgehead atoms. The van der Waals surface area contributed by atoms with Crippen LogP contribution in [0.1, 0.15) is 24.3 Å². The van der Waals surface area contributed by atoms with E-state index in [4.69, 9.17) is 17.3 Å². The average Bonchev–Trinajstić information content (AvgIpc) is 2.70. The Kier molecular flexibility index (Phi) is 3.36. The van der Waals surface area contributed by atoms with Crippen molar-refractivity contribution in [1.29, 1.82) is 0 Å². The standard InChI is InChI=1S/C12H14ClN3O/c1-2-16-11(9(13)7-15-16)12(17)8-5-3-4-6-10(8)14/h3-7,12,17H,2,14H2,1H3. The summed E-state index contributed by atoms with van der Waals surface area (Å²) >= 11 is 6.04. The molecule has 4 nitrogen and oxygen atoms in total. The van der Waals surface area contributed by atoms with E-state index < -0.39 is 6.10 Å². The maximum absolute atomic E-state index is 10.3. The summed E-state index contributed by atoms with van der Waals surface area (Å²) in [4.78, 5) is 0. The van der Waals surface area contributed by atoms with Crippen molar-refractivity contribution in [3.8, 4) is 0 Å². The number of hydrogen-bond donors (Lipinski definition) is 2. The van der Waals surface area contributed by atoms with E-state index in [-0.39, 0.29) is 0 Å². The summed E-state index contributed by atoms with van der Waals surface area (Å²) < 4.78 is 1.67. The fourth-order valence-corrected chi connectivity index (χ4v) is 2.05. The molecular formula is C12H14ClN3O. The number of rotatable bonds is 3. The van der Waals surface area contributed by atoms with E-state index in [0.29, 0.717) is 28.5 Å². The van der Waals surface area contributed by atoms with E-state index in [1.807, 2.05) is 19.1 Å². The van der Waals surface area contributed by atoms with Crippen LogP contribution in [0.4, 0.5) is 5.69 Å². The van der Waals surface area contributed by atoms with Crippen LogP contribution in [0.5, 0.6) is 0 Å². The first-order chi connectivity index (χ1) is 8.15. The zero-order valence-corrected chi connectivity index (χ0v) is 10.2. The lowest BCUT2D eigenvalue weighted by molar-refractivity contribution is 0.209. The third-order valence-corrected chi connectivity index (χ3v) is 2.97. The van der Waals surface area contributed by atoms with Gasteiger partial charge >= 0.3 is 0 Å². The Bertz CT molecular complexity index is 524. The summed E-state index contributed by atoms with van der Waals surface area (Å²) in [6.07, 6.45) is 0.675. The van der Waals surface area contributed by atoms with E-state index in [9.17, 15) is 5.11 Å². The number of aliphatic hydroxyl groups is 1. The minimum Gasteiger partial charge on any atom is -0.398 e. The molecule has 0 amide bonds. The SMILES string of the molecule is CCn1ncc(Cl)c1C(O)c1ccccc1N. The van der Waals surface area contributed by atoms with Crippen molar-refractivity contribution in [2.75, 3.05) is 5.73 Å². The number of para-hydroxylation sites is 1. The second-order valence-electron chi connectivity index (χ2n) is 3.72. The Hall–Kier alpha value is -1.52. The molecule has 0 aliphatic heterocycles. The first-order valence-corrected chi connectivity index (χ1v) is 5.76. The molecule has 0 saturated heterocycles. The van der Waals surface area contributed by atoms with Crippen molar-refractivity contribution in [1.82, 2.24) is 9.78 Å². The van der Waals surface area contributed by atoms with Crippen molar-refractivity contribution < 1.29 is 5.11 Å². The predicted octanol–water partition coefficient (Wildman–Crippen LogP) is 2.22. The largest absolute Gasteiger partial charge is 0.398 e. The fourth-order valence-electron chi connectivity index (χ4n) is 1.80. The Morgan fingerprint density at radius 2 is 2.18 bits per heavy atom. The average molecular weight is 252 g/mol. The van der Waals surface area contributed by atoms with Crippen LogP contribution >= 0.6 is 11.6 Å². The normalized spacial score (nSPS) is 12.6. The Morgan fingerprint density at radius 1 is 1.47 bits per heavy atom. The van der Waals surface area contributed by atoms with Crippen LogP contribution in [0.15, 0.2) is 30.5 Å². The van der Waals surface area contributed by atoms with E-state index in [1.54, 1.807) is 16.8 Å². The molecule has 5 heteroatoms. The van der Waals surface area contributed by atoms with Crippen LogP contribution in [0.3, 0.4) is 0 Å². The summed E-state index contributed by atoms with van der Waals surface area (Å²) in [7, 11) is 0. The first-order valence-electron chi connectivity index (χ1n) is 5.38. The molecule has 3 N–H and O–H groups in total. The van der Waals surface area contributed by atoms with Gasteiger partial charge in [0.05, 0.1) is 16.9 Å². The highest BCUT2D eigenvalue weighted by Gasteiger charge is 2.20. The number of nitrogens with two attached hydrogens (primary N) is 1. The van der Waals surface area contributed by atoms with Crippen LogP contribution in [-0.4, -0.2) is 14.9 Å². The van der Waals surface area contributed by atoms with Crippen LogP contribution in [0.2, 0.25) is 5.02 Å². The quantitative estimate of drug-likeness (QED) is 0.823. The minimum absolute atomic E-state index is 0.447. The second-order valence-corrected chi connectivity index (χ2v) is 4.13. The van der Waals surface area contributed by atoms with Crippen molar-refractivity contribution in [3.05, 3.63) is 46.7 Å². The van der Waals surface area contributed by atoms with Crippen LogP contribution in [0.25, 0.3) is 0 Å². The number of hydrogen-bond acceptors (Lipinski definition) is 3. The Morgan fingerprint density at radius 3 is 2.82 bits per heavy atom. The molecule has 2 rings (SSSR count). The topological polar surface area (TPSA) is 64.1 Å². The zero-order chi connectivity index (χ0) is 12.4. The highest BCUT2D eigenvalue weighted by Crippen LogP contribution is 2.30. The van der Waals surface area contributed by atoms with Gasteiger partial charge in [0.2, 0.25) is 0 Å². The maximum Gasteiger partial charge on any atom is 0.124 e. The van der Waals surface area contributed by atoms with Gasteiger partial charge in [0.1, 0.15) is 6.10 Å². The number of benzene rings is 1. The molecule has 1 unspecified atom stereocenters. The summed E-state index contributed by atoms with van der Waals surface area (Å²) in [5.41, 5.74) is 7.60. The second kappa shape index (κ2) is 4.77. The summed E-state index contributed by atoms with van der Waals surface area (Å²) in [5.74, 6) is 0. The molecule has 90 valence electrons. The van der Waals surface area contributed by atoms with Crippen LogP contribution in [0, 0.1) is 0 Å². The smallest absolute Gasteiger partial charge is 0.124 e. The van der Waals surface area contributed by atoms with Crippen LogP contribution in [-0.2, 0) is 6.54 Å². The number of aromatic nitrogens is 2. The summed E-state index contributed by atoms with van der Waals surface area (Å²) in [5, 5.41) is 14.9. The summed E-state index contributed by atoms with van der Waals surface area (Å²) in [6, 6.07) is 7.18. The van der Waals surface area contributed by atoms with Gasteiger partial charge in [0.15, 0.2) is 0 Å². The van der Waals surface area contributed by atoms with Crippen LogP contribution < -0.4 is 5.73 Å². The Balaban J connectivity index is 2.47. The molecule has 0 spiro atoms. The number of aliphatic hydroxyl groups excluding tert-OH is 1. The monoisotopic (exact) mass is 251 g/mol.